The monoisotopic (exact) mass is 312 g/mol. The molecule has 0 saturated heterocycles. The second kappa shape index (κ2) is 5.05. The fourth-order valence-corrected chi connectivity index (χ4v) is 3.71. The lowest BCUT2D eigenvalue weighted by atomic mass is 9.65. The van der Waals surface area contributed by atoms with E-state index in [-0.39, 0.29) is 17.1 Å². The Morgan fingerprint density at radius 2 is 2.04 bits per heavy atom. The maximum Gasteiger partial charge on any atom is 0.277 e. The molecule has 2 aromatic rings. The fraction of sp³-hybridized carbons (Fsp3) is 0.333. The van der Waals surface area contributed by atoms with Gasteiger partial charge in [0.25, 0.3) is 5.91 Å². The number of hydrogen-bond donors (Lipinski definition) is 0. The van der Waals surface area contributed by atoms with Crippen LogP contribution in [0.1, 0.15) is 35.3 Å². The van der Waals surface area contributed by atoms with E-state index in [0.29, 0.717) is 29.4 Å². The quantitative estimate of drug-likeness (QED) is 0.854. The molecule has 2 heterocycles. The molecule has 4 rings (SSSR count). The van der Waals surface area contributed by atoms with Gasteiger partial charge in [0.2, 0.25) is 5.88 Å². The van der Waals surface area contributed by atoms with Gasteiger partial charge >= 0.3 is 0 Å². The SMILES string of the molecule is COc1cccc(C(=O)N2CC3(CCC3)c3c(F)cccc32)n1. The number of fused-ring (bicyclic) bond motifs is 2. The Kier molecular flexibility index (Phi) is 3.11. The Balaban J connectivity index is 1.76. The molecule has 1 spiro atoms. The first-order valence-electron chi connectivity index (χ1n) is 7.76. The molecule has 118 valence electrons. The zero-order chi connectivity index (χ0) is 16.0. The standard InChI is InChI=1S/C18H17FN2O2/c1-23-15-8-3-6-13(20-15)17(22)21-11-18(9-4-10-18)16-12(19)5-2-7-14(16)21/h2-3,5-8H,4,9-11H2,1H3. The van der Waals surface area contributed by atoms with Crippen LogP contribution in [0.3, 0.4) is 0 Å². The van der Waals surface area contributed by atoms with Gasteiger partial charge in [-0.1, -0.05) is 18.6 Å². The van der Waals surface area contributed by atoms with Gasteiger partial charge < -0.3 is 9.64 Å². The number of rotatable bonds is 2. The summed E-state index contributed by atoms with van der Waals surface area (Å²) in [6.45, 7) is 0.529. The normalized spacial score (nSPS) is 17.7. The Hall–Kier alpha value is -2.43. The second-order valence-corrected chi connectivity index (χ2v) is 6.22. The minimum Gasteiger partial charge on any atom is -0.481 e. The highest BCUT2D eigenvalue weighted by Crippen LogP contribution is 2.53. The molecule has 0 radical (unpaired) electrons. The molecule has 1 aliphatic carbocycles. The fourth-order valence-electron chi connectivity index (χ4n) is 3.71. The number of hydrogen-bond acceptors (Lipinski definition) is 3. The van der Waals surface area contributed by atoms with Crippen LogP contribution in [-0.2, 0) is 5.41 Å². The lowest BCUT2D eigenvalue weighted by Crippen LogP contribution is -2.41. The predicted molar refractivity (Wildman–Crippen MR) is 84.4 cm³/mol. The van der Waals surface area contributed by atoms with E-state index in [1.807, 2.05) is 6.07 Å². The zero-order valence-corrected chi connectivity index (χ0v) is 12.9. The van der Waals surface area contributed by atoms with Gasteiger partial charge in [0, 0.05) is 23.6 Å². The molecule has 23 heavy (non-hydrogen) atoms. The molecule has 0 atom stereocenters. The maximum absolute atomic E-state index is 14.4. The van der Waals surface area contributed by atoms with E-state index in [4.69, 9.17) is 4.74 Å². The van der Waals surface area contributed by atoms with E-state index in [0.717, 1.165) is 19.3 Å². The number of aromatic nitrogens is 1. The lowest BCUT2D eigenvalue weighted by Gasteiger charge is -2.38. The van der Waals surface area contributed by atoms with Gasteiger partial charge in [-0.3, -0.25) is 4.79 Å². The minimum absolute atomic E-state index is 0.209. The maximum atomic E-state index is 14.4. The van der Waals surface area contributed by atoms with Crippen LogP contribution in [0.25, 0.3) is 0 Å². The second-order valence-electron chi connectivity index (χ2n) is 6.22. The molecular formula is C18H17FN2O2. The van der Waals surface area contributed by atoms with Gasteiger partial charge in [-0.2, -0.15) is 0 Å². The number of methoxy groups -OCH3 is 1. The Bertz CT molecular complexity index is 786. The van der Waals surface area contributed by atoms with Crippen molar-refractivity contribution in [2.75, 3.05) is 18.6 Å². The average Bonchev–Trinajstić information content (AvgIpc) is 2.91. The molecule has 0 bridgehead atoms. The van der Waals surface area contributed by atoms with Crippen molar-refractivity contribution in [3.63, 3.8) is 0 Å². The molecule has 4 nitrogen and oxygen atoms in total. The van der Waals surface area contributed by atoms with Crippen LogP contribution in [0.15, 0.2) is 36.4 Å². The van der Waals surface area contributed by atoms with Crippen LogP contribution in [0.5, 0.6) is 5.88 Å². The van der Waals surface area contributed by atoms with Crippen molar-refractivity contribution in [1.29, 1.82) is 0 Å². The van der Waals surface area contributed by atoms with E-state index in [2.05, 4.69) is 4.98 Å². The molecule has 2 aliphatic rings. The summed E-state index contributed by atoms with van der Waals surface area (Å²) in [5, 5.41) is 0. The number of ether oxygens (including phenoxy) is 1. The number of amides is 1. The summed E-state index contributed by atoms with van der Waals surface area (Å²) >= 11 is 0. The van der Waals surface area contributed by atoms with E-state index in [1.165, 1.54) is 13.2 Å². The topological polar surface area (TPSA) is 42.4 Å². The van der Waals surface area contributed by atoms with E-state index in [9.17, 15) is 9.18 Å². The Morgan fingerprint density at radius 3 is 2.74 bits per heavy atom. The molecule has 1 saturated carbocycles. The first-order chi connectivity index (χ1) is 11.1. The number of carbonyl (C=O) groups excluding carboxylic acids is 1. The van der Waals surface area contributed by atoms with Crippen molar-refractivity contribution in [1.82, 2.24) is 4.98 Å². The first kappa shape index (κ1) is 14.2. The number of pyridine rings is 1. The van der Waals surface area contributed by atoms with Crippen LogP contribution in [0, 0.1) is 5.82 Å². The number of benzene rings is 1. The molecule has 1 amide bonds. The van der Waals surface area contributed by atoms with E-state index < -0.39 is 0 Å². The smallest absolute Gasteiger partial charge is 0.277 e. The van der Waals surface area contributed by atoms with E-state index in [1.54, 1.807) is 29.2 Å². The van der Waals surface area contributed by atoms with Gasteiger partial charge in [-0.25, -0.2) is 9.37 Å². The minimum atomic E-state index is -0.213. The van der Waals surface area contributed by atoms with Crippen molar-refractivity contribution < 1.29 is 13.9 Å². The van der Waals surface area contributed by atoms with Crippen LogP contribution in [-0.4, -0.2) is 24.5 Å². The summed E-state index contributed by atoms with van der Waals surface area (Å²) < 4.78 is 19.5. The highest BCUT2D eigenvalue weighted by Gasteiger charge is 2.50. The summed E-state index contributed by atoms with van der Waals surface area (Å²) in [4.78, 5) is 18.8. The molecule has 1 aromatic carbocycles. The molecule has 1 fully saturated rings. The lowest BCUT2D eigenvalue weighted by molar-refractivity contribution is 0.0973. The van der Waals surface area contributed by atoms with Crippen molar-refractivity contribution in [3.05, 3.63) is 53.5 Å². The summed E-state index contributed by atoms with van der Waals surface area (Å²) in [5.41, 5.74) is 1.48. The van der Waals surface area contributed by atoms with E-state index >= 15 is 0 Å². The molecular weight excluding hydrogens is 295 g/mol. The third kappa shape index (κ3) is 2.03. The van der Waals surface area contributed by atoms with Gasteiger partial charge in [0.05, 0.1) is 12.8 Å². The van der Waals surface area contributed by atoms with Crippen molar-refractivity contribution >= 4 is 11.6 Å². The number of anilines is 1. The van der Waals surface area contributed by atoms with Crippen LogP contribution in [0.4, 0.5) is 10.1 Å². The molecule has 5 heteroatoms. The van der Waals surface area contributed by atoms with Crippen molar-refractivity contribution in [3.8, 4) is 5.88 Å². The summed E-state index contributed by atoms with van der Waals surface area (Å²) in [6, 6.07) is 10.1. The molecule has 0 N–H and O–H groups in total. The van der Waals surface area contributed by atoms with Gasteiger partial charge in [0.15, 0.2) is 0 Å². The third-order valence-electron chi connectivity index (χ3n) is 4.98. The van der Waals surface area contributed by atoms with Crippen molar-refractivity contribution in [2.24, 2.45) is 0 Å². The molecule has 0 unspecified atom stereocenters. The summed E-state index contributed by atoms with van der Waals surface area (Å²) in [7, 11) is 1.51. The summed E-state index contributed by atoms with van der Waals surface area (Å²) in [6.07, 6.45) is 2.93. The van der Waals surface area contributed by atoms with Crippen LogP contribution in [0.2, 0.25) is 0 Å². The molecule has 1 aliphatic heterocycles. The van der Waals surface area contributed by atoms with Crippen LogP contribution >= 0.6 is 0 Å². The Morgan fingerprint density at radius 1 is 1.26 bits per heavy atom. The van der Waals surface area contributed by atoms with Crippen LogP contribution < -0.4 is 9.64 Å². The predicted octanol–water partition coefficient (Wildman–Crippen LogP) is 3.31. The zero-order valence-electron chi connectivity index (χ0n) is 12.9. The highest BCUT2D eigenvalue weighted by atomic mass is 19.1. The van der Waals surface area contributed by atoms with Gasteiger partial charge in [0.1, 0.15) is 11.5 Å². The van der Waals surface area contributed by atoms with Gasteiger partial charge in [-0.15, -0.1) is 0 Å². The third-order valence-corrected chi connectivity index (χ3v) is 4.98. The van der Waals surface area contributed by atoms with Crippen molar-refractivity contribution in [2.45, 2.75) is 24.7 Å². The highest BCUT2D eigenvalue weighted by molar-refractivity contribution is 6.06. The average molecular weight is 312 g/mol. The largest absolute Gasteiger partial charge is 0.481 e. The number of nitrogens with zero attached hydrogens (tertiary/aromatic N) is 2. The number of halogens is 1. The first-order valence-corrected chi connectivity index (χ1v) is 7.76. The molecule has 1 aromatic heterocycles. The Labute approximate surface area is 133 Å². The summed E-state index contributed by atoms with van der Waals surface area (Å²) in [5.74, 6) is -0.0245. The van der Waals surface area contributed by atoms with Gasteiger partial charge in [-0.05, 0) is 31.0 Å². The number of carbonyl (C=O) groups is 1.